The zero-order chi connectivity index (χ0) is 14.0. The second-order valence-corrected chi connectivity index (χ2v) is 5.18. The molecule has 1 amide bonds. The van der Waals surface area contributed by atoms with Crippen LogP contribution in [0.4, 0.5) is 0 Å². The number of carbonyl (C=O) groups excluding carboxylic acids is 1. The van der Waals surface area contributed by atoms with E-state index >= 15 is 0 Å². The van der Waals surface area contributed by atoms with Gasteiger partial charge in [0.15, 0.2) is 5.96 Å². The van der Waals surface area contributed by atoms with Gasteiger partial charge in [-0.25, -0.2) is 0 Å². The number of fused-ring (bicyclic) bond motifs is 1. The van der Waals surface area contributed by atoms with Gasteiger partial charge in [0.05, 0.1) is 11.3 Å². The van der Waals surface area contributed by atoms with Gasteiger partial charge >= 0.3 is 0 Å². The number of nitrogens with zero attached hydrogens (tertiary/aromatic N) is 1. The molecule has 5 heteroatoms. The maximum atomic E-state index is 12.0. The van der Waals surface area contributed by atoms with Crippen molar-refractivity contribution in [3.8, 4) is 0 Å². The summed E-state index contributed by atoms with van der Waals surface area (Å²) in [6.07, 6.45) is 4.45. The Kier molecular flexibility index (Phi) is 3.83. The van der Waals surface area contributed by atoms with E-state index in [1.165, 1.54) is 6.42 Å². The van der Waals surface area contributed by atoms with Crippen LogP contribution in [0.15, 0.2) is 6.07 Å². The van der Waals surface area contributed by atoms with Crippen LogP contribution in [0.25, 0.3) is 0 Å². The number of hydrogen-bond donors (Lipinski definition) is 3. The Labute approximate surface area is 113 Å². The molecule has 102 valence electrons. The highest BCUT2D eigenvalue weighted by molar-refractivity contribution is 6.05. The summed E-state index contributed by atoms with van der Waals surface area (Å²) >= 11 is 0. The molecule has 19 heavy (non-hydrogen) atoms. The molecule has 1 aliphatic carbocycles. The van der Waals surface area contributed by atoms with E-state index in [0.29, 0.717) is 17.2 Å². The van der Waals surface area contributed by atoms with Gasteiger partial charge in [0.2, 0.25) is 0 Å². The van der Waals surface area contributed by atoms with E-state index in [9.17, 15) is 4.79 Å². The molecule has 0 saturated heterocycles. The molecule has 1 atom stereocenters. The summed E-state index contributed by atoms with van der Waals surface area (Å²) in [5.41, 5.74) is 8.69. The van der Waals surface area contributed by atoms with Crippen LogP contribution in [0.5, 0.6) is 0 Å². The van der Waals surface area contributed by atoms with Crippen LogP contribution >= 0.6 is 0 Å². The number of nitrogens with one attached hydrogen (secondary N) is 2. The van der Waals surface area contributed by atoms with Crippen LogP contribution in [-0.4, -0.2) is 16.9 Å². The van der Waals surface area contributed by atoms with Crippen LogP contribution in [-0.2, 0) is 6.42 Å². The zero-order valence-corrected chi connectivity index (χ0v) is 11.4. The van der Waals surface area contributed by atoms with E-state index < -0.39 is 0 Å². The van der Waals surface area contributed by atoms with E-state index in [1.54, 1.807) is 0 Å². The van der Waals surface area contributed by atoms with Crippen molar-refractivity contribution in [2.75, 3.05) is 0 Å². The summed E-state index contributed by atoms with van der Waals surface area (Å²) in [4.78, 5) is 16.6. The molecule has 0 bridgehead atoms. The molecule has 1 heterocycles. The smallest absolute Gasteiger partial charge is 0.259 e. The van der Waals surface area contributed by atoms with Gasteiger partial charge in [0.25, 0.3) is 5.91 Å². The van der Waals surface area contributed by atoms with E-state index in [-0.39, 0.29) is 11.9 Å². The Morgan fingerprint density at radius 3 is 2.95 bits per heavy atom. The van der Waals surface area contributed by atoms with Crippen molar-refractivity contribution in [3.63, 3.8) is 0 Å². The van der Waals surface area contributed by atoms with Gasteiger partial charge in [0.1, 0.15) is 0 Å². The van der Waals surface area contributed by atoms with Crippen LogP contribution in [0.1, 0.15) is 59.4 Å². The first-order chi connectivity index (χ1) is 8.99. The molecular weight excluding hydrogens is 240 g/mol. The third-order valence-corrected chi connectivity index (χ3v) is 3.62. The second kappa shape index (κ2) is 5.38. The van der Waals surface area contributed by atoms with E-state index in [1.807, 2.05) is 13.0 Å². The third kappa shape index (κ3) is 2.92. The maximum absolute atomic E-state index is 12.0. The van der Waals surface area contributed by atoms with Gasteiger partial charge in [-0.05, 0) is 43.7 Å². The van der Waals surface area contributed by atoms with Gasteiger partial charge in [-0.1, -0.05) is 13.3 Å². The molecule has 1 aliphatic rings. The highest BCUT2D eigenvalue weighted by Crippen LogP contribution is 2.29. The molecule has 2 rings (SSSR count). The van der Waals surface area contributed by atoms with Crippen LogP contribution in [0, 0.1) is 12.3 Å². The normalized spacial score (nSPS) is 18.3. The molecule has 1 aromatic heterocycles. The molecule has 5 nitrogen and oxygen atoms in total. The minimum Gasteiger partial charge on any atom is -0.370 e. The van der Waals surface area contributed by atoms with Crippen molar-refractivity contribution in [3.05, 3.63) is 28.6 Å². The van der Waals surface area contributed by atoms with Crippen molar-refractivity contribution >= 4 is 11.9 Å². The zero-order valence-electron chi connectivity index (χ0n) is 11.4. The highest BCUT2D eigenvalue weighted by atomic mass is 16.1. The number of aryl methyl sites for hydroxylation is 2. The lowest BCUT2D eigenvalue weighted by atomic mass is 9.98. The van der Waals surface area contributed by atoms with Crippen molar-refractivity contribution in [2.45, 2.75) is 45.4 Å². The molecule has 0 fully saturated rings. The number of amides is 1. The van der Waals surface area contributed by atoms with Crippen LogP contribution in [0.2, 0.25) is 0 Å². The summed E-state index contributed by atoms with van der Waals surface area (Å²) < 4.78 is 0. The fourth-order valence-corrected chi connectivity index (χ4v) is 2.61. The average molecular weight is 260 g/mol. The first-order valence-corrected chi connectivity index (χ1v) is 6.65. The van der Waals surface area contributed by atoms with Crippen molar-refractivity contribution < 1.29 is 4.79 Å². The standard InChI is InChI=1S/C14H20N4O/c1-8-5-3-4-6-10-7-11(9(2)17-12(8)10)13(19)18-14(15)16/h7-8H,3-6H2,1-2H3,(H4,15,16,18,19). The number of carbonyl (C=O) groups is 1. The van der Waals surface area contributed by atoms with Gasteiger partial charge in [0, 0.05) is 5.69 Å². The number of nitrogens with two attached hydrogens (primary N) is 1. The van der Waals surface area contributed by atoms with Crippen LogP contribution in [0.3, 0.4) is 0 Å². The average Bonchev–Trinajstić information content (AvgIpc) is 2.50. The molecule has 1 aromatic rings. The number of pyridine rings is 1. The lowest BCUT2D eigenvalue weighted by Crippen LogP contribution is -2.36. The maximum Gasteiger partial charge on any atom is 0.259 e. The summed E-state index contributed by atoms with van der Waals surface area (Å²) in [6, 6.07) is 1.91. The Balaban J connectivity index is 2.40. The van der Waals surface area contributed by atoms with Crippen molar-refractivity contribution in [2.24, 2.45) is 5.73 Å². The quantitative estimate of drug-likeness (QED) is 0.409. The Hall–Kier alpha value is -1.91. The Bertz CT molecular complexity index is 524. The Morgan fingerprint density at radius 2 is 2.26 bits per heavy atom. The number of aromatic nitrogens is 1. The fourth-order valence-electron chi connectivity index (χ4n) is 2.61. The second-order valence-electron chi connectivity index (χ2n) is 5.18. The first kappa shape index (κ1) is 13.5. The summed E-state index contributed by atoms with van der Waals surface area (Å²) in [6.45, 7) is 4.01. The fraction of sp³-hybridized carbons (Fsp3) is 0.500. The molecule has 0 radical (unpaired) electrons. The highest BCUT2D eigenvalue weighted by Gasteiger charge is 2.20. The first-order valence-electron chi connectivity index (χ1n) is 6.65. The minimum absolute atomic E-state index is 0.340. The number of rotatable bonds is 1. The molecule has 0 aliphatic heterocycles. The van der Waals surface area contributed by atoms with E-state index in [2.05, 4.69) is 17.2 Å². The summed E-state index contributed by atoms with van der Waals surface area (Å²) in [7, 11) is 0. The molecule has 0 spiro atoms. The van der Waals surface area contributed by atoms with Gasteiger partial charge in [-0.2, -0.15) is 0 Å². The monoisotopic (exact) mass is 260 g/mol. The minimum atomic E-state index is -0.350. The van der Waals surface area contributed by atoms with Crippen LogP contribution < -0.4 is 11.1 Å². The van der Waals surface area contributed by atoms with Crippen molar-refractivity contribution in [1.82, 2.24) is 10.3 Å². The Morgan fingerprint density at radius 1 is 1.53 bits per heavy atom. The molecule has 0 aromatic carbocycles. The molecule has 1 unspecified atom stereocenters. The van der Waals surface area contributed by atoms with Crippen molar-refractivity contribution in [1.29, 1.82) is 5.41 Å². The molecule has 0 saturated carbocycles. The summed E-state index contributed by atoms with van der Waals surface area (Å²) in [5.74, 6) is -0.244. The third-order valence-electron chi connectivity index (χ3n) is 3.62. The predicted molar refractivity (Wildman–Crippen MR) is 74.3 cm³/mol. The predicted octanol–water partition coefficient (Wildman–Crippen LogP) is 1.84. The molecule has 4 N–H and O–H groups in total. The van der Waals surface area contributed by atoms with E-state index in [4.69, 9.17) is 11.1 Å². The topological polar surface area (TPSA) is 91.9 Å². The van der Waals surface area contributed by atoms with Gasteiger partial charge in [-0.3, -0.25) is 20.5 Å². The number of guanidine groups is 1. The number of hydrogen-bond acceptors (Lipinski definition) is 3. The lowest BCUT2D eigenvalue weighted by Gasteiger charge is -2.15. The van der Waals surface area contributed by atoms with E-state index in [0.717, 1.165) is 30.5 Å². The van der Waals surface area contributed by atoms with Gasteiger partial charge in [-0.15, -0.1) is 0 Å². The van der Waals surface area contributed by atoms with Gasteiger partial charge < -0.3 is 5.73 Å². The SMILES string of the molecule is Cc1nc2c(cc1C(=O)NC(=N)N)CCCCC2C. The lowest BCUT2D eigenvalue weighted by molar-refractivity contribution is 0.0975. The molecular formula is C14H20N4O. The largest absolute Gasteiger partial charge is 0.370 e. The summed E-state index contributed by atoms with van der Waals surface area (Å²) in [5, 5.41) is 9.44.